The minimum absolute atomic E-state index is 0.00429. The van der Waals surface area contributed by atoms with Gasteiger partial charge in [-0.15, -0.1) is 0 Å². The molecular weight excluding hydrogens is 557 g/mol. The summed E-state index contributed by atoms with van der Waals surface area (Å²) in [4.78, 5) is 11.5. The average molecular weight is 588 g/mol. The molecule has 0 radical (unpaired) electrons. The fraction of sp³-hybridized carbons (Fsp3) is 0.357. The quantitative estimate of drug-likeness (QED) is 0.360. The predicted octanol–water partition coefficient (Wildman–Crippen LogP) is 4.46. The Labute approximate surface area is 237 Å². The zero-order chi connectivity index (χ0) is 28.7. The maximum atomic E-state index is 13.7. The summed E-state index contributed by atoms with van der Waals surface area (Å²) in [5.74, 6) is -0.315. The summed E-state index contributed by atoms with van der Waals surface area (Å²) < 4.78 is 44.1. The van der Waals surface area contributed by atoms with Gasteiger partial charge < -0.3 is 15.7 Å². The van der Waals surface area contributed by atoms with Gasteiger partial charge in [0.25, 0.3) is 0 Å². The Balaban J connectivity index is 1.40. The van der Waals surface area contributed by atoms with Crippen LogP contribution in [0.1, 0.15) is 31.0 Å². The molecule has 3 aromatic rings. The fourth-order valence-electron chi connectivity index (χ4n) is 5.80. The van der Waals surface area contributed by atoms with Gasteiger partial charge in [-0.25, -0.2) is 22.3 Å². The van der Waals surface area contributed by atoms with E-state index in [0.717, 1.165) is 29.8 Å². The smallest absolute Gasteiger partial charge is 0.318 e. The zero-order valence-corrected chi connectivity index (χ0v) is 23.8. The van der Waals surface area contributed by atoms with Crippen molar-refractivity contribution < 1.29 is 22.7 Å². The van der Waals surface area contributed by atoms with Crippen LogP contribution in [0.5, 0.6) is 0 Å². The first kappa shape index (κ1) is 28.3. The first-order valence-corrected chi connectivity index (χ1v) is 14.8. The molecule has 0 spiro atoms. The third-order valence-corrected chi connectivity index (χ3v) is 10.4. The number of rotatable bonds is 8. The van der Waals surface area contributed by atoms with Crippen LogP contribution < -0.4 is 10.6 Å². The van der Waals surface area contributed by atoms with Gasteiger partial charge in [0.2, 0.25) is 10.0 Å². The Morgan fingerprint density at radius 1 is 1.27 bits per heavy atom. The first-order valence-electron chi connectivity index (χ1n) is 13.0. The molecule has 0 saturated heterocycles. The minimum atomic E-state index is -4.05. The SMILES string of the molecule is CNC(=O)Nc1ccc(S(=O)(=O)N(CCO)C[C@H]2CCC3=Cc4c(cnn4-c4ccc(F)cc4)C[C@@]32C)c(Cl)c1. The van der Waals surface area contributed by atoms with Crippen molar-refractivity contribution in [2.45, 2.75) is 31.1 Å². The molecule has 0 aliphatic heterocycles. The van der Waals surface area contributed by atoms with Crippen molar-refractivity contribution in [1.29, 1.82) is 0 Å². The summed E-state index contributed by atoms with van der Waals surface area (Å²) in [6.45, 7) is 1.96. The summed E-state index contributed by atoms with van der Waals surface area (Å²) in [5.41, 5.74) is 4.05. The Morgan fingerprint density at radius 3 is 2.70 bits per heavy atom. The molecule has 3 N–H and O–H groups in total. The van der Waals surface area contributed by atoms with Crippen molar-refractivity contribution in [1.82, 2.24) is 19.4 Å². The minimum Gasteiger partial charge on any atom is -0.395 e. The van der Waals surface area contributed by atoms with Crippen molar-refractivity contribution in [2.24, 2.45) is 11.3 Å². The lowest BCUT2D eigenvalue weighted by Crippen LogP contribution is -2.42. The van der Waals surface area contributed by atoms with Gasteiger partial charge in [0, 0.05) is 25.8 Å². The molecule has 0 bridgehead atoms. The molecule has 40 heavy (non-hydrogen) atoms. The number of sulfonamides is 1. The molecule has 1 heterocycles. The molecule has 1 aromatic heterocycles. The standard InChI is InChI=1S/C28H31ClFN5O4S/c1-28-15-18-16-32-35(23-8-5-21(30)6-9-23)25(18)13-19(28)3-4-20(28)17-34(11-12-36)40(38,39)26-10-7-22(14-24(26)29)33-27(37)31-2/h5-10,13-14,16,20,36H,3-4,11-12,15,17H2,1-2H3,(H2,31,33,37)/t20-,28+/m1/s1. The summed E-state index contributed by atoms with van der Waals surface area (Å²) in [5, 5.41) is 19.3. The lowest BCUT2D eigenvalue weighted by molar-refractivity contribution is 0.194. The number of aromatic nitrogens is 2. The van der Waals surface area contributed by atoms with Crippen LogP contribution in [0, 0.1) is 17.2 Å². The molecule has 1 fully saturated rings. The van der Waals surface area contributed by atoms with Gasteiger partial charge in [-0.2, -0.15) is 9.40 Å². The molecule has 2 amide bonds. The largest absolute Gasteiger partial charge is 0.395 e. The number of urea groups is 1. The predicted molar refractivity (Wildman–Crippen MR) is 151 cm³/mol. The number of hydrogen-bond donors (Lipinski definition) is 3. The van der Waals surface area contributed by atoms with E-state index in [1.54, 1.807) is 12.1 Å². The number of benzene rings is 2. The Bertz CT molecular complexity index is 1570. The van der Waals surface area contributed by atoms with Crippen molar-refractivity contribution >= 4 is 39.4 Å². The summed E-state index contributed by atoms with van der Waals surface area (Å²) in [6.07, 6.45) is 6.24. The number of amides is 2. The van der Waals surface area contributed by atoms with Gasteiger partial charge in [0.05, 0.1) is 29.2 Å². The van der Waals surface area contributed by atoms with Crippen LogP contribution in [0.4, 0.5) is 14.9 Å². The molecule has 1 saturated carbocycles. The Hall–Kier alpha value is -3.25. The highest BCUT2D eigenvalue weighted by atomic mass is 35.5. The van der Waals surface area contributed by atoms with E-state index in [9.17, 15) is 22.7 Å². The van der Waals surface area contributed by atoms with E-state index in [1.807, 2.05) is 10.9 Å². The third-order valence-electron chi connectivity index (χ3n) is 8.03. The molecule has 9 nitrogen and oxygen atoms in total. The highest BCUT2D eigenvalue weighted by Crippen LogP contribution is 2.53. The first-order chi connectivity index (χ1) is 19.1. The number of aliphatic hydroxyl groups excluding tert-OH is 1. The highest BCUT2D eigenvalue weighted by molar-refractivity contribution is 7.89. The molecule has 2 aromatic carbocycles. The number of nitrogens with zero attached hydrogens (tertiary/aromatic N) is 3. The molecular formula is C28H31ClFN5O4S. The van der Waals surface area contributed by atoms with Crippen LogP contribution in [0.25, 0.3) is 11.8 Å². The van der Waals surface area contributed by atoms with Crippen LogP contribution in [0.2, 0.25) is 5.02 Å². The van der Waals surface area contributed by atoms with E-state index in [2.05, 4.69) is 28.7 Å². The maximum Gasteiger partial charge on any atom is 0.318 e. The third kappa shape index (κ3) is 5.14. The summed E-state index contributed by atoms with van der Waals surface area (Å²) in [6, 6.07) is 9.97. The maximum absolute atomic E-state index is 13.7. The van der Waals surface area contributed by atoms with E-state index >= 15 is 0 Å². The second-order valence-electron chi connectivity index (χ2n) is 10.4. The van der Waals surface area contributed by atoms with Crippen molar-refractivity contribution in [3.05, 3.63) is 76.3 Å². The van der Waals surface area contributed by atoms with Gasteiger partial charge in [-0.3, -0.25) is 0 Å². The number of allylic oxidation sites excluding steroid dienone is 1. The van der Waals surface area contributed by atoms with Crippen LogP contribution in [0.15, 0.2) is 59.1 Å². The number of aliphatic hydroxyl groups is 1. The fourth-order valence-corrected chi connectivity index (χ4v) is 7.80. The molecule has 12 heteroatoms. The topological polar surface area (TPSA) is 117 Å². The van der Waals surface area contributed by atoms with Gasteiger partial charge >= 0.3 is 6.03 Å². The molecule has 0 unspecified atom stereocenters. The lowest BCUT2D eigenvalue weighted by Gasteiger charge is -2.38. The van der Waals surface area contributed by atoms with Crippen LogP contribution in [0.3, 0.4) is 0 Å². The second-order valence-corrected chi connectivity index (χ2v) is 12.7. The normalized spacial score (nSPS) is 20.1. The number of carbonyl (C=O) groups is 1. The zero-order valence-electron chi connectivity index (χ0n) is 22.2. The Kier molecular flexibility index (Phi) is 7.75. The molecule has 2 aliphatic rings. The molecule has 212 valence electrons. The highest BCUT2D eigenvalue weighted by Gasteiger charge is 2.47. The molecule has 2 atom stereocenters. The van der Waals surface area contributed by atoms with E-state index in [-0.39, 0.29) is 46.8 Å². The van der Waals surface area contributed by atoms with E-state index in [1.165, 1.54) is 47.3 Å². The Morgan fingerprint density at radius 2 is 2.02 bits per heavy atom. The van der Waals surface area contributed by atoms with Crippen molar-refractivity contribution in [3.8, 4) is 5.69 Å². The lowest BCUT2D eigenvalue weighted by atomic mass is 9.70. The number of carbonyl (C=O) groups excluding carboxylic acids is 1. The van der Waals surface area contributed by atoms with Crippen molar-refractivity contribution in [2.75, 3.05) is 32.1 Å². The van der Waals surface area contributed by atoms with Gasteiger partial charge in [-0.05, 0) is 84.7 Å². The van der Waals surface area contributed by atoms with E-state index in [4.69, 9.17) is 11.6 Å². The average Bonchev–Trinajstić information content (AvgIpc) is 3.46. The summed E-state index contributed by atoms with van der Waals surface area (Å²) in [7, 11) is -2.58. The van der Waals surface area contributed by atoms with Crippen LogP contribution in [-0.4, -0.2) is 60.4 Å². The number of anilines is 1. The number of hydrogen-bond acceptors (Lipinski definition) is 5. The number of fused-ring (bicyclic) bond motifs is 2. The molecule has 5 rings (SSSR count). The number of halogens is 2. The van der Waals surface area contributed by atoms with E-state index < -0.39 is 16.1 Å². The van der Waals surface area contributed by atoms with Crippen LogP contribution in [-0.2, 0) is 16.4 Å². The van der Waals surface area contributed by atoms with Gasteiger partial charge in [-0.1, -0.05) is 24.1 Å². The molecule has 2 aliphatic carbocycles. The second kappa shape index (κ2) is 11.0. The van der Waals surface area contributed by atoms with Crippen LogP contribution >= 0.6 is 11.6 Å². The van der Waals surface area contributed by atoms with Gasteiger partial charge in [0.15, 0.2) is 0 Å². The van der Waals surface area contributed by atoms with Crippen molar-refractivity contribution in [3.63, 3.8) is 0 Å². The van der Waals surface area contributed by atoms with E-state index in [0.29, 0.717) is 12.1 Å². The summed E-state index contributed by atoms with van der Waals surface area (Å²) >= 11 is 6.38. The number of nitrogens with one attached hydrogen (secondary N) is 2. The monoisotopic (exact) mass is 587 g/mol. The van der Waals surface area contributed by atoms with Gasteiger partial charge in [0.1, 0.15) is 10.7 Å².